The molecule has 0 heterocycles. The first-order valence-corrected chi connectivity index (χ1v) is 8.45. The molecular weight excluding hydrogens is 290 g/mol. The quantitative estimate of drug-likeness (QED) is 0.894. The molecule has 1 fully saturated rings. The van der Waals surface area contributed by atoms with Gasteiger partial charge in [0.1, 0.15) is 0 Å². The van der Waals surface area contributed by atoms with E-state index in [4.69, 9.17) is 0 Å². The highest BCUT2D eigenvalue weighted by Gasteiger charge is 2.46. The van der Waals surface area contributed by atoms with E-state index >= 15 is 0 Å². The summed E-state index contributed by atoms with van der Waals surface area (Å²) in [4.78, 5) is 24.0. The Morgan fingerprint density at radius 3 is 2.52 bits per heavy atom. The zero-order chi connectivity index (χ0) is 16.7. The van der Waals surface area contributed by atoms with Gasteiger partial charge in [-0.15, -0.1) is 0 Å². The van der Waals surface area contributed by atoms with Gasteiger partial charge in [-0.1, -0.05) is 44.5 Å². The molecule has 1 unspecified atom stereocenters. The molecule has 4 nitrogen and oxygen atoms in total. The van der Waals surface area contributed by atoms with Gasteiger partial charge in [-0.25, -0.2) is 0 Å². The summed E-state index contributed by atoms with van der Waals surface area (Å²) in [7, 11) is 0. The topological polar surface area (TPSA) is 66.4 Å². The van der Waals surface area contributed by atoms with E-state index < -0.39 is 11.4 Å². The Kier molecular flexibility index (Phi) is 3.95. The third-order valence-corrected chi connectivity index (χ3v) is 5.75. The summed E-state index contributed by atoms with van der Waals surface area (Å²) in [6.07, 6.45) is 4.25. The van der Waals surface area contributed by atoms with Crippen LogP contribution in [-0.2, 0) is 16.0 Å². The number of aryl methyl sites for hydroxylation is 1. The molecule has 1 saturated carbocycles. The molecule has 0 aliphatic heterocycles. The molecule has 0 bridgehead atoms. The van der Waals surface area contributed by atoms with E-state index in [0.29, 0.717) is 12.8 Å². The zero-order valence-corrected chi connectivity index (χ0v) is 13.9. The Bertz CT molecular complexity index is 631. The second-order valence-corrected chi connectivity index (χ2v) is 7.80. The first kappa shape index (κ1) is 16.0. The van der Waals surface area contributed by atoms with E-state index in [1.807, 2.05) is 12.1 Å². The number of carboxylic acids is 1. The maximum atomic E-state index is 12.5. The average molecular weight is 315 g/mol. The Morgan fingerprint density at radius 1 is 1.22 bits per heavy atom. The normalized spacial score (nSPS) is 24.2. The van der Waals surface area contributed by atoms with E-state index in [1.54, 1.807) is 0 Å². The van der Waals surface area contributed by atoms with Crippen molar-refractivity contribution in [3.63, 3.8) is 0 Å². The fraction of sp³-hybridized carbons (Fsp3) is 0.579. The van der Waals surface area contributed by atoms with Crippen LogP contribution in [0.5, 0.6) is 0 Å². The predicted octanol–water partition coefficient (Wildman–Crippen LogP) is 3.46. The second kappa shape index (κ2) is 5.66. The van der Waals surface area contributed by atoms with Gasteiger partial charge in [0, 0.05) is 6.42 Å². The van der Waals surface area contributed by atoms with Crippen molar-refractivity contribution < 1.29 is 14.7 Å². The molecule has 1 aromatic carbocycles. The molecule has 4 heteroatoms. The van der Waals surface area contributed by atoms with Crippen molar-refractivity contribution in [2.75, 3.05) is 0 Å². The monoisotopic (exact) mass is 315 g/mol. The third-order valence-electron chi connectivity index (χ3n) is 5.75. The van der Waals surface area contributed by atoms with Crippen LogP contribution in [0.1, 0.15) is 63.1 Å². The van der Waals surface area contributed by atoms with Crippen molar-refractivity contribution in [2.45, 2.75) is 58.4 Å². The van der Waals surface area contributed by atoms with Gasteiger partial charge in [0.25, 0.3) is 0 Å². The molecule has 3 rings (SSSR count). The predicted molar refractivity (Wildman–Crippen MR) is 88.0 cm³/mol. The van der Waals surface area contributed by atoms with E-state index in [0.717, 1.165) is 19.3 Å². The minimum atomic E-state index is -0.831. The number of benzene rings is 1. The van der Waals surface area contributed by atoms with Crippen LogP contribution in [-0.4, -0.2) is 17.0 Å². The average Bonchev–Trinajstić information content (AvgIpc) is 2.45. The molecule has 0 spiro atoms. The van der Waals surface area contributed by atoms with Gasteiger partial charge in [0.15, 0.2) is 0 Å². The molecule has 2 aliphatic carbocycles. The minimum Gasteiger partial charge on any atom is -0.481 e. The highest BCUT2D eigenvalue weighted by atomic mass is 16.4. The number of hydrogen-bond donors (Lipinski definition) is 2. The maximum Gasteiger partial charge on any atom is 0.310 e. The van der Waals surface area contributed by atoms with Gasteiger partial charge >= 0.3 is 5.97 Å². The first-order chi connectivity index (χ1) is 10.8. The Hall–Kier alpha value is -1.84. The van der Waals surface area contributed by atoms with Crippen molar-refractivity contribution in [2.24, 2.45) is 10.8 Å². The number of nitrogens with one attached hydrogen (secondary N) is 1. The van der Waals surface area contributed by atoms with Crippen molar-refractivity contribution in [1.29, 1.82) is 0 Å². The lowest BCUT2D eigenvalue weighted by Gasteiger charge is -2.42. The van der Waals surface area contributed by atoms with Crippen molar-refractivity contribution >= 4 is 11.9 Å². The highest BCUT2D eigenvalue weighted by Crippen LogP contribution is 2.46. The molecule has 2 N–H and O–H groups in total. The first-order valence-electron chi connectivity index (χ1n) is 8.45. The number of carboxylic acid groups (broad SMARTS) is 1. The summed E-state index contributed by atoms with van der Waals surface area (Å²) < 4.78 is 0. The molecule has 1 amide bonds. The van der Waals surface area contributed by atoms with Gasteiger partial charge in [-0.3, -0.25) is 9.59 Å². The van der Waals surface area contributed by atoms with E-state index in [2.05, 4.69) is 31.3 Å². The van der Waals surface area contributed by atoms with Crippen LogP contribution < -0.4 is 5.32 Å². The number of carbonyl (C=O) groups excluding carboxylic acids is 1. The van der Waals surface area contributed by atoms with Gasteiger partial charge in [-0.2, -0.15) is 0 Å². The standard InChI is InChI=1S/C19H25NO3/c1-18(2)11-8-13-6-3-4-7-14(13)16(18)20-15(21)12-19(17(22)23)9-5-10-19/h3-4,6-7,16H,5,8-12H2,1-2H3,(H,20,21)(H,22,23). The van der Waals surface area contributed by atoms with Crippen LogP contribution in [0.25, 0.3) is 0 Å². The van der Waals surface area contributed by atoms with Crippen LogP contribution in [0.2, 0.25) is 0 Å². The highest BCUT2D eigenvalue weighted by molar-refractivity contribution is 5.86. The molecule has 0 radical (unpaired) electrons. The summed E-state index contributed by atoms with van der Waals surface area (Å²) in [5.74, 6) is -0.968. The minimum absolute atomic E-state index is 0.0278. The summed E-state index contributed by atoms with van der Waals surface area (Å²) in [6, 6.07) is 8.19. The van der Waals surface area contributed by atoms with Gasteiger partial charge in [0.05, 0.1) is 11.5 Å². The van der Waals surface area contributed by atoms with Crippen molar-refractivity contribution in [3.8, 4) is 0 Å². The van der Waals surface area contributed by atoms with Crippen LogP contribution in [0.4, 0.5) is 0 Å². The summed E-state index contributed by atoms with van der Waals surface area (Å²) >= 11 is 0. The van der Waals surface area contributed by atoms with Gasteiger partial charge in [0.2, 0.25) is 5.91 Å². The molecular formula is C19H25NO3. The molecule has 23 heavy (non-hydrogen) atoms. The van der Waals surface area contributed by atoms with Gasteiger partial charge < -0.3 is 10.4 Å². The van der Waals surface area contributed by atoms with Gasteiger partial charge in [-0.05, 0) is 42.2 Å². The second-order valence-electron chi connectivity index (χ2n) is 7.80. The molecule has 0 saturated heterocycles. The molecule has 0 aromatic heterocycles. The number of rotatable bonds is 4. The van der Waals surface area contributed by atoms with Crippen molar-refractivity contribution in [3.05, 3.63) is 35.4 Å². The number of carbonyl (C=O) groups is 2. The molecule has 1 atom stereocenters. The number of hydrogen-bond acceptors (Lipinski definition) is 2. The van der Waals surface area contributed by atoms with E-state index in [9.17, 15) is 14.7 Å². The van der Waals surface area contributed by atoms with Crippen LogP contribution in [0.3, 0.4) is 0 Å². The SMILES string of the molecule is CC1(C)CCc2ccccc2C1NC(=O)CC1(C(=O)O)CCC1. The molecule has 124 valence electrons. The lowest BCUT2D eigenvalue weighted by atomic mass is 9.66. The molecule has 2 aliphatic rings. The Labute approximate surface area is 137 Å². The lowest BCUT2D eigenvalue weighted by molar-refractivity contribution is -0.157. The Balaban J connectivity index is 1.78. The molecule has 1 aromatic rings. The lowest BCUT2D eigenvalue weighted by Crippen LogP contribution is -2.46. The summed E-state index contributed by atoms with van der Waals surface area (Å²) in [6.45, 7) is 4.34. The third kappa shape index (κ3) is 2.87. The zero-order valence-electron chi connectivity index (χ0n) is 13.9. The number of fused-ring (bicyclic) bond motifs is 1. The summed E-state index contributed by atoms with van der Waals surface area (Å²) in [5.41, 5.74) is 1.60. The number of amides is 1. The fourth-order valence-corrected chi connectivity index (χ4v) is 3.93. The van der Waals surface area contributed by atoms with Crippen LogP contribution >= 0.6 is 0 Å². The van der Waals surface area contributed by atoms with E-state index in [1.165, 1.54) is 11.1 Å². The smallest absolute Gasteiger partial charge is 0.310 e. The fourth-order valence-electron chi connectivity index (χ4n) is 3.93. The van der Waals surface area contributed by atoms with Crippen molar-refractivity contribution in [1.82, 2.24) is 5.32 Å². The maximum absolute atomic E-state index is 12.5. The van der Waals surface area contributed by atoms with Crippen LogP contribution in [0.15, 0.2) is 24.3 Å². The van der Waals surface area contributed by atoms with E-state index in [-0.39, 0.29) is 23.8 Å². The summed E-state index contributed by atoms with van der Waals surface area (Å²) in [5, 5.41) is 12.6. The number of aliphatic carboxylic acids is 1. The largest absolute Gasteiger partial charge is 0.481 e. The van der Waals surface area contributed by atoms with Crippen LogP contribution in [0, 0.1) is 10.8 Å². The Morgan fingerprint density at radius 2 is 1.91 bits per heavy atom.